The highest BCUT2D eigenvalue weighted by atomic mass is 35.5. The van der Waals surface area contributed by atoms with Crippen molar-refractivity contribution in [2.24, 2.45) is 0 Å². The molecule has 2 aromatic rings. The molecule has 0 atom stereocenters. The van der Waals surface area contributed by atoms with E-state index in [0.29, 0.717) is 21.2 Å². The molecule has 1 aromatic carbocycles. The molecule has 0 aliphatic heterocycles. The van der Waals surface area contributed by atoms with Gasteiger partial charge in [-0.2, -0.15) is 0 Å². The highest BCUT2D eigenvalue weighted by Gasteiger charge is 2.14. The van der Waals surface area contributed by atoms with Crippen molar-refractivity contribution in [3.63, 3.8) is 0 Å². The van der Waals surface area contributed by atoms with Gasteiger partial charge in [0.2, 0.25) is 5.56 Å². The number of carbonyl (C=O) groups is 1. The monoisotopic (exact) mass is 283 g/mol. The van der Waals surface area contributed by atoms with Gasteiger partial charge in [-0.1, -0.05) is 29.3 Å². The molecule has 0 aliphatic rings. The third-order valence-electron chi connectivity index (χ3n) is 2.38. The number of aromatic carboxylic acids is 1. The average Bonchev–Trinajstić information content (AvgIpc) is 2.29. The van der Waals surface area contributed by atoms with E-state index in [2.05, 4.69) is 4.98 Å². The number of benzene rings is 1. The lowest BCUT2D eigenvalue weighted by Gasteiger charge is -2.07. The molecule has 2 rings (SSSR count). The summed E-state index contributed by atoms with van der Waals surface area (Å²) in [6, 6.07) is 5.72. The Kier molecular flexibility index (Phi) is 3.41. The number of rotatable bonds is 2. The topological polar surface area (TPSA) is 70.2 Å². The standard InChI is InChI=1S/C12H7Cl2NO3/c13-6-1-2-7(10(14)3-6)9-5-15-11(16)4-8(9)12(17)18/h1-5H,(H,15,16)(H,17,18). The van der Waals surface area contributed by atoms with Gasteiger partial charge in [-0.25, -0.2) is 4.79 Å². The fourth-order valence-corrected chi connectivity index (χ4v) is 2.09. The van der Waals surface area contributed by atoms with Crippen LogP contribution in [0.2, 0.25) is 10.0 Å². The van der Waals surface area contributed by atoms with E-state index >= 15 is 0 Å². The van der Waals surface area contributed by atoms with Crippen LogP contribution in [-0.2, 0) is 0 Å². The van der Waals surface area contributed by atoms with Gasteiger partial charge in [0, 0.05) is 33.4 Å². The van der Waals surface area contributed by atoms with Gasteiger partial charge < -0.3 is 10.1 Å². The van der Waals surface area contributed by atoms with Crippen LogP contribution >= 0.6 is 23.2 Å². The van der Waals surface area contributed by atoms with Gasteiger partial charge in [0.05, 0.1) is 5.56 Å². The summed E-state index contributed by atoms with van der Waals surface area (Å²) in [6.45, 7) is 0. The lowest BCUT2D eigenvalue weighted by atomic mass is 10.0. The number of pyridine rings is 1. The zero-order valence-corrected chi connectivity index (χ0v) is 10.4. The summed E-state index contributed by atoms with van der Waals surface area (Å²) in [6.07, 6.45) is 1.32. The average molecular weight is 284 g/mol. The number of hydrogen-bond donors (Lipinski definition) is 2. The molecule has 1 heterocycles. The molecule has 0 unspecified atom stereocenters. The highest BCUT2D eigenvalue weighted by Crippen LogP contribution is 2.31. The van der Waals surface area contributed by atoms with E-state index in [1.54, 1.807) is 12.1 Å². The number of nitrogens with one attached hydrogen (secondary N) is 1. The first-order valence-corrected chi connectivity index (χ1v) is 5.66. The van der Waals surface area contributed by atoms with E-state index in [1.165, 1.54) is 12.3 Å². The van der Waals surface area contributed by atoms with Gasteiger partial charge >= 0.3 is 5.97 Å². The van der Waals surface area contributed by atoms with Gasteiger partial charge in [-0.05, 0) is 12.1 Å². The zero-order chi connectivity index (χ0) is 13.3. The van der Waals surface area contributed by atoms with E-state index in [1.807, 2.05) is 0 Å². The Hall–Kier alpha value is -1.78. The first kappa shape index (κ1) is 12.7. The van der Waals surface area contributed by atoms with Crippen LogP contribution in [0.15, 0.2) is 35.3 Å². The first-order valence-electron chi connectivity index (χ1n) is 4.90. The lowest BCUT2D eigenvalue weighted by Crippen LogP contribution is -2.10. The summed E-state index contributed by atoms with van der Waals surface area (Å²) in [7, 11) is 0. The molecule has 6 heteroatoms. The largest absolute Gasteiger partial charge is 0.478 e. The van der Waals surface area contributed by atoms with Crippen LogP contribution in [-0.4, -0.2) is 16.1 Å². The maximum absolute atomic E-state index is 11.1. The summed E-state index contributed by atoms with van der Waals surface area (Å²) in [5.74, 6) is -1.19. The van der Waals surface area contributed by atoms with Gasteiger partial charge in [0.1, 0.15) is 0 Å². The Morgan fingerprint density at radius 2 is 1.89 bits per heavy atom. The Morgan fingerprint density at radius 3 is 2.50 bits per heavy atom. The summed E-state index contributed by atoms with van der Waals surface area (Å²) < 4.78 is 0. The van der Waals surface area contributed by atoms with Gasteiger partial charge in [0.15, 0.2) is 0 Å². The molecule has 0 spiro atoms. The van der Waals surface area contributed by atoms with Crippen LogP contribution in [0, 0.1) is 0 Å². The molecular formula is C12H7Cl2NO3. The molecule has 0 amide bonds. The van der Waals surface area contributed by atoms with Crippen LogP contribution in [0.1, 0.15) is 10.4 Å². The Balaban J connectivity index is 2.71. The van der Waals surface area contributed by atoms with Crippen molar-refractivity contribution >= 4 is 29.2 Å². The van der Waals surface area contributed by atoms with Crippen molar-refractivity contribution in [3.05, 3.63) is 56.4 Å². The number of carboxylic acid groups (broad SMARTS) is 1. The Bertz CT molecular complexity index is 679. The maximum atomic E-state index is 11.1. The zero-order valence-electron chi connectivity index (χ0n) is 8.91. The minimum Gasteiger partial charge on any atom is -0.478 e. The van der Waals surface area contributed by atoms with E-state index in [-0.39, 0.29) is 5.56 Å². The predicted molar refractivity (Wildman–Crippen MR) is 69.5 cm³/mol. The van der Waals surface area contributed by atoms with Gasteiger partial charge in [-0.3, -0.25) is 4.79 Å². The van der Waals surface area contributed by atoms with Crippen molar-refractivity contribution < 1.29 is 9.90 Å². The molecule has 92 valence electrons. The van der Waals surface area contributed by atoms with Crippen molar-refractivity contribution in [2.45, 2.75) is 0 Å². The molecular weight excluding hydrogens is 277 g/mol. The van der Waals surface area contributed by atoms with E-state index in [9.17, 15) is 9.59 Å². The Morgan fingerprint density at radius 1 is 1.17 bits per heavy atom. The van der Waals surface area contributed by atoms with Crippen molar-refractivity contribution in [2.75, 3.05) is 0 Å². The quantitative estimate of drug-likeness (QED) is 0.890. The second-order valence-electron chi connectivity index (χ2n) is 3.55. The smallest absolute Gasteiger partial charge is 0.336 e. The molecule has 2 N–H and O–H groups in total. The van der Waals surface area contributed by atoms with Crippen LogP contribution in [0.4, 0.5) is 0 Å². The van der Waals surface area contributed by atoms with Gasteiger partial charge in [0.25, 0.3) is 0 Å². The van der Waals surface area contributed by atoms with Crippen LogP contribution in [0.5, 0.6) is 0 Å². The second kappa shape index (κ2) is 4.84. The second-order valence-corrected chi connectivity index (χ2v) is 4.40. The fraction of sp³-hybridized carbons (Fsp3) is 0. The number of halogens is 2. The number of aromatic amines is 1. The number of carboxylic acids is 1. The maximum Gasteiger partial charge on any atom is 0.336 e. The molecule has 0 saturated carbocycles. The summed E-state index contributed by atoms with van der Waals surface area (Å²) in [5, 5.41) is 9.84. The molecule has 0 saturated heterocycles. The minimum atomic E-state index is -1.19. The minimum absolute atomic E-state index is 0.108. The number of hydrogen-bond acceptors (Lipinski definition) is 2. The van der Waals surface area contributed by atoms with Crippen molar-refractivity contribution in [3.8, 4) is 11.1 Å². The summed E-state index contributed by atoms with van der Waals surface area (Å²) >= 11 is 11.8. The van der Waals surface area contributed by atoms with E-state index < -0.39 is 11.5 Å². The third kappa shape index (κ3) is 2.39. The fourth-order valence-electron chi connectivity index (χ4n) is 1.58. The van der Waals surface area contributed by atoms with Crippen LogP contribution in [0.3, 0.4) is 0 Å². The molecule has 0 bridgehead atoms. The summed E-state index contributed by atoms with van der Waals surface area (Å²) in [5.41, 5.74) is 0.239. The Labute approximate surface area is 112 Å². The highest BCUT2D eigenvalue weighted by molar-refractivity contribution is 6.36. The molecule has 1 aromatic heterocycles. The predicted octanol–water partition coefficient (Wildman–Crippen LogP) is 3.05. The van der Waals surface area contributed by atoms with E-state index in [4.69, 9.17) is 28.3 Å². The molecule has 0 aliphatic carbocycles. The molecule has 0 fully saturated rings. The lowest BCUT2D eigenvalue weighted by molar-refractivity contribution is 0.0697. The summed E-state index contributed by atoms with van der Waals surface area (Å²) in [4.78, 5) is 24.7. The number of aromatic nitrogens is 1. The van der Waals surface area contributed by atoms with Crippen LogP contribution < -0.4 is 5.56 Å². The normalized spacial score (nSPS) is 10.3. The van der Waals surface area contributed by atoms with Crippen molar-refractivity contribution in [1.29, 1.82) is 0 Å². The SMILES string of the molecule is O=C(O)c1cc(=O)[nH]cc1-c1ccc(Cl)cc1Cl. The van der Waals surface area contributed by atoms with Crippen LogP contribution in [0.25, 0.3) is 11.1 Å². The molecule has 18 heavy (non-hydrogen) atoms. The van der Waals surface area contributed by atoms with E-state index in [0.717, 1.165) is 6.07 Å². The van der Waals surface area contributed by atoms with Gasteiger partial charge in [-0.15, -0.1) is 0 Å². The van der Waals surface area contributed by atoms with Crippen molar-refractivity contribution in [1.82, 2.24) is 4.98 Å². The third-order valence-corrected chi connectivity index (χ3v) is 2.92. The first-order chi connectivity index (χ1) is 8.49. The molecule has 4 nitrogen and oxygen atoms in total. The molecule has 0 radical (unpaired) electrons. The number of H-pyrrole nitrogens is 1.